The molecular formula is C18H19N3O. The van der Waals surface area contributed by atoms with Gasteiger partial charge >= 0.3 is 0 Å². The van der Waals surface area contributed by atoms with Crippen molar-refractivity contribution in [3.8, 4) is 0 Å². The summed E-state index contributed by atoms with van der Waals surface area (Å²) in [4.78, 5) is 0. The highest BCUT2D eigenvalue weighted by Crippen LogP contribution is 2.22. The fourth-order valence-electron chi connectivity index (χ4n) is 2.63. The number of rotatable bonds is 5. The van der Waals surface area contributed by atoms with E-state index in [-0.39, 0.29) is 12.6 Å². The number of hydrogen-bond acceptors (Lipinski definition) is 3. The van der Waals surface area contributed by atoms with Crippen molar-refractivity contribution in [3.05, 3.63) is 83.2 Å². The van der Waals surface area contributed by atoms with Gasteiger partial charge in [0.05, 0.1) is 18.3 Å². The van der Waals surface area contributed by atoms with Crippen LogP contribution in [0.4, 0.5) is 0 Å². The maximum atomic E-state index is 9.55. The summed E-state index contributed by atoms with van der Waals surface area (Å²) in [5, 5.41) is 18.0. The number of aliphatic hydroxyl groups is 1. The SMILES string of the molecule is CC(c1ccccc1)n1nnc(CO)c1Cc1ccccc1. The summed E-state index contributed by atoms with van der Waals surface area (Å²) in [6.45, 7) is 2.00. The van der Waals surface area contributed by atoms with E-state index < -0.39 is 0 Å². The van der Waals surface area contributed by atoms with Gasteiger partial charge in [-0.1, -0.05) is 65.9 Å². The van der Waals surface area contributed by atoms with Crippen LogP contribution in [-0.2, 0) is 13.0 Å². The first-order chi connectivity index (χ1) is 10.8. The molecule has 3 rings (SSSR count). The predicted octanol–water partition coefficient (Wildman–Crippen LogP) is 2.97. The first-order valence-corrected chi connectivity index (χ1v) is 7.42. The number of benzene rings is 2. The number of hydrogen-bond donors (Lipinski definition) is 1. The molecule has 4 heteroatoms. The van der Waals surface area contributed by atoms with E-state index in [1.165, 1.54) is 11.1 Å². The topological polar surface area (TPSA) is 50.9 Å². The van der Waals surface area contributed by atoms with Gasteiger partial charge in [0.2, 0.25) is 0 Å². The molecule has 1 unspecified atom stereocenters. The van der Waals surface area contributed by atoms with Gasteiger partial charge in [0, 0.05) is 6.42 Å². The Hall–Kier alpha value is -2.46. The summed E-state index contributed by atoms with van der Waals surface area (Å²) in [5.41, 5.74) is 3.96. The maximum absolute atomic E-state index is 9.55. The minimum absolute atomic E-state index is 0.0766. The lowest BCUT2D eigenvalue weighted by atomic mass is 10.1. The molecule has 0 spiro atoms. The fourth-order valence-corrected chi connectivity index (χ4v) is 2.63. The Labute approximate surface area is 130 Å². The average molecular weight is 293 g/mol. The Bertz CT molecular complexity index is 723. The molecule has 0 bridgehead atoms. The zero-order valence-corrected chi connectivity index (χ0v) is 12.6. The van der Waals surface area contributed by atoms with Crippen molar-refractivity contribution in [2.45, 2.75) is 26.0 Å². The second kappa shape index (κ2) is 6.54. The molecule has 2 aromatic carbocycles. The van der Waals surface area contributed by atoms with Crippen molar-refractivity contribution in [1.82, 2.24) is 15.0 Å². The lowest BCUT2D eigenvalue weighted by molar-refractivity contribution is 0.275. The van der Waals surface area contributed by atoms with E-state index in [1.54, 1.807) is 0 Å². The summed E-state index contributed by atoms with van der Waals surface area (Å²) < 4.78 is 1.91. The largest absolute Gasteiger partial charge is 0.390 e. The van der Waals surface area contributed by atoms with E-state index in [0.717, 1.165) is 5.69 Å². The maximum Gasteiger partial charge on any atom is 0.112 e. The van der Waals surface area contributed by atoms with Crippen LogP contribution in [0.1, 0.15) is 35.5 Å². The molecule has 0 aliphatic rings. The molecule has 1 aromatic heterocycles. The molecule has 0 radical (unpaired) electrons. The molecule has 22 heavy (non-hydrogen) atoms. The smallest absolute Gasteiger partial charge is 0.112 e. The molecule has 3 aromatic rings. The monoisotopic (exact) mass is 293 g/mol. The molecule has 0 saturated heterocycles. The molecule has 0 aliphatic heterocycles. The van der Waals surface area contributed by atoms with E-state index in [1.807, 2.05) is 41.1 Å². The van der Waals surface area contributed by atoms with Gasteiger partial charge in [0.25, 0.3) is 0 Å². The molecular weight excluding hydrogens is 274 g/mol. The van der Waals surface area contributed by atoms with Gasteiger partial charge in [-0.2, -0.15) is 0 Å². The Morgan fingerprint density at radius 3 is 2.27 bits per heavy atom. The Balaban J connectivity index is 1.97. The number of aromatic nitrogens is 3. The third-order valence-electron chi connectivity index (χ3n) is 3.88. The van der Waals surface area contributed by atoms with E-state index in [2.05, 4.69) is 41.5 Å². The quantitative estimate of drug-likeness (QED) is 0.787. The van der Waals surface area contributed by atoms with Gasteiger partial charge in [-0.15, -0.1) is 5.10 Å². The van der Waals surface area contributed by atoms with E-state index in [4.69, 9.17) is 0 Å². The summed E-state index contributed by atoms with van der Waals surface area (Å²) in [7, 11) is 0. The zero-order valence-electron chi connectivity index (χ0n) is 12.6. The van der Waals surface area contributed by atoms with Crippen molar-refractivity contribution in [3.63, 3.8) is 0 Å². The van der Waals surface area contributed by atoms with Gasteiger partial charge < -0.3 is 5.11 Å². The van der Waals surface area contributed by atoms with Crippen molar-refractivity contribution in [2.24, 2.45) is 0 Å². The van der Waals surface area contributed by atoms with Gasteiger partial charge in [-0.05, 0) is 18.1 Å². The summed E-state index contributed by atoms with van der Waals surface area (Å²) in [5.74, 6) is 0. The minimum Gasteiger partial charge on any atom is -0.390 e. The standard InChI is InChI=1S/C18H19N3O/c1-14(16-10-6-3-7-11-16)21-18(17(13-22)19-20-21)12-15-8-4-2-5-9-15/h2-11,14,22H,12-13H2,1H3. The van der Waals surface area contributed by atoms with Crippen LogP contribution in [0.2, 0.25) is 0 Å². The molecule has 1 atom stereocenters. The Kier molecular flexibility index (Phi) is 4.30. The van der Waals surface area contributed by atoms with Crippen molar-refractivity contribution >= 4 is 0 Å². The highest BCUT2D eigenvalue weighted by molar-refractivity contribution is 5.26. The van der Waals surface area contributed by atoms with Crippen LogP contribution in [0.3, 0.4) is 0 Å². The molecule has 0 aliphatic carbocycles. The van der Waals surface area contributed by atoms with Crippen LogP contribution in [0.25, 0.3) is 0 Å². The second-order valence-corrected chi connectivity index (χ2v) is 5.33. The zero-order chi connectivity index (χ0) is 15.4. The van der Waals surface area contributed by atoms with Gasteiger partial charge in [-0.25, -0.2) is 4.68 Å². The number of nitrogens with zero attached hydrogens (tertiary/aromatic N) is 3. The molecule has 4 nitrogen and oxygen atoms in total. The van der Waals surface area contributed by atoms with Crippen LogP contribution in [0.15, 0.2) is 60.7 Å². The Morgan fingerprint density at radius 1 is 1.00 bits per heavy atom. The van der Waals surface area contributed by atoms with Crippen LogP contribution in [0, 0.1) is 0 Å². The molecule has 112 valence electrons. The Morgan fingerprint density at radius 2 is 1.64 bits per heavy atom. The minimum atomic E-state index is -0.0936. The van der Waals surface area contributed by atoms with Crippen molar-refractivity contribution in [2.75, 3.05) is 0 Å². The molecule has 1 heterocycles. The first-order valence-electron chi connectivity index (χ1n) is 7.42. The van der Waals surface area contributed by atoms with E-state index in [0.29, 0.717) is 12.1 Å². The fraction of sp³-hybridized carbons (Fsp3) is 0.222. The molecule has 0 saturated carbocycles. The van der Waals surface area contributed by atoms with Gasteiger partial charge in [-0.3, -0.25) is 0 Å². The van der Waals surface area contributed by atoms with E-state index in [9.17, 15) is 5.11 Å². The average Bonchev–Trinajstić information content (AvgIpc) is 2.98. The second-order valence-electron chi connectivity index (χ2n) is 5.33. The predicted molar refractivity (Wildman–Crippen MR) is 85.4 cm³/mol. The van der Waals surface area contributed by atoms with Gasteiger partial charge in [0.1, 0.15) is 5.69 Å². The lowest BCUT2D eigenvalue weighted by Crippen LogP contribution is -2.13. The summed E-state index contributed by atoms with van der Waals surface area (Å²) in [6.07, 6.45) is 0.709. The normalized spacial score (nSPS) is 12.3. The first kappa shape index (κ1) is 14.5. The van der Waals surface area contributed by atoms with Crippen LogP contribution in [-0.4, -0.2) is 20.1 Å². The molecule has 0 amide bonds. The highest BCUT2D eigenvalue weighted by Gasteiger charge is 2.18. The van der Waals surface area contributed by atoms with Crippen molar-refractivity contribution < 1.29 is 5.11 Å². The van der Waals surface area contributed by atoms with E-state index >= 15 is 0 Å². The summed E-state index contributed by atoms with van der Waals surface area (Å²) >= 11 is 0. The third kappa shape index (κ3) is 2.92. The number of aliphatic hydroxyl groups excluding tert-OH is 1. The highest BCUT2D eigenvalue weighted by atomic mass is 16.3. The molecule has 0 fully saturated rings. The van der Waals surface area contributed by atoms with Crippen LogP contribution < -0.4 is 0 Å². The summed E-state index contributed by atoms with van der Waals surface area (Å²) in [6, 6.07) is 20.5. The lowest BCUT2D eigenvalue weighted by Gasteiger charge is -2.15. The van der Waals surface area contributed by atoms with Gasteiger partial charge in [0.15, 0.2) is 0 Å². The van der Waals surface area contributed by atoms with Crippen LogP contribution >= 0.6 is 0 Å². The van der Waals surface area contributed by atoms with Crippen LogP contribution in [0.5, 0.6) is 0 Å². The van der Waals surface area contributed by atoms with Crippen molar-refractivity contribution in [1.29, 1.82) is 0 Å². The molecule has 1 N–H and O–H groups in total. The third-order valence-corrected chi connectivity index (χ3v) is 3.88.